The minimum atomic E-state index is -1.05. The maximum atomic E-state index is 10.7. The number of nitrogens with two attached hydrogens (primary N) is 2. The SMILES string of the molecule is N[C@@H](C[C@H](N)c1ccc2c(c1)OCCCO2)C(=O)O. The molecule has 0 radical (unpaired) electrons. The van der Waals surface area contributed by atoms with Gasteiger partial charge >= 0.3 is 5.97 Å². The molecule has 0 spiro atoms. The van der Waals surface area contributed by atoms with E-state index in [2.05, 4.69) is 0 Å². The van der Waals surface area contributed by atoms with E-state index in [1.165, 1.54) is 0 Å². The van der Waals surface area contributed by atoms with E-state index in [1.807, 2.05) is 6.07 Å². The monoisotopic (exact) mass is 266 g/mol. The summed E-state index contributed by atoms with van der Waals surface area (Å²) in [5.41, 5.74) is 12.2. The molecule has 0 unspecified atom stereocenters. The molecule has 2 atom stereocenters. The maximum Gasteiger partial charge on any atom is 0.320 e. The number of hydrogen-bond donors (Lipinski definition) is 3. The minimum absolute atomic E-state index is 0.176. The van der Waals surface area contributed by atoms with Gasteiger partial charge in [-0.05, 0) is 24.1 Å². The van der Waals surface area contributed by atoms with Gasteiger partial charge in [-0.1, -0.05) is 6.07 Å². The topological polar surface area (TPSA) is 108 Å². The highest BCUT2D eigenvalue weighted by atomic mass is 16.5. The van der Waals surface area contributed by atoms with Crippen LogP contribution in [0.1, 0.15) is 24.4 Å². The second-order valence-corrected chi connectivity index (χ2v) is 4.54. The summed E-state index contributed by atoms with van der Waals surface area (Å²) in [5, 5.41) is 8.78. The van der Waals surface area contributed by atoms with Gasteiger partial charge < -0.3 is 26.0 Å². The van der Waals surface area contributed by atoms with Crippen molar-refractivity contribution in [1.82, 2.24) is 0 Å². The Morgan fingerprint density at radius 2 is 1.95 bits per heavy atom. The molecule has 1 aliphatic rings. The van der Waals surface area contributed by atoms with Gasteiger partial charge in [-0.15, -0.1) is 0 Å². The van der Waals surface area contributed by atoms with E-state index in [0.717, 1.165) is 12.0 Å². The van der Waals surface area contributed by atoms with Gasteiger partial charge in [0.25, 0.3) is 0 Å². The highest BCUT2D eigenvalue weighted by molar-refractivity contribution is 5.73. The smallest absolute Gasteiger partial charge is 0.320 e. The predicted octanol–water partition coefficient (Wildman–Crippen LogP) is 0.650. The van der Waals surface area contributed by atoms with E-state index < -0.39 is 18.1 Å². The van der Waals surface area contributed by atoms with Crippen LogP contribution in [0.3, 0.4) is 0 Å². The van der Waals surface area contributed by atoms with Gasteiger partial charge in [0.2, 0.25) is 0 Å². The largest absolute Gasteiger partial charge is 0.490 e. The summed E-state index contributed by atoms with van der Waals surface area (Å²) < 4.78 is 11.1. The predicted molar refractivity (Wildman–Crippen MR) is 69.2 cm³/mol. The fourth-order valence-corrected chi connectivity index (χ4v) is 1.92. The van der Waals surface area contributed by atoms with Crippen molar-refractivity contribution in [3.63, 3.8) is 0 Å². The molecule has 19 heavy (non-hydrogen) atoms. The fraction of sp³-hybridized carbons (Fsp3) is 0.462. The van der Waals surface area contributed by atoms with Gasteiger partial charge in [0.05, 0.1) is 13.2 Å². The molecule has 1 heterocycles. The van der Waals surface area contributed by atoms with Crippen molar-refractivity contribution < 1.29 is 19.4 Å². The van der Waals surface area contributed by atoms with Gasteiger partial charge in [-0.25, -0.2) is 0 Å². The molecule has 0 saturated carbocycles. The zero-order valence-corrected chi connectivity index (χ0v) is 10.5. The Morgan fingerprint density at radius 1 is 1.26 bits per heavy atom. The Balaban J connectivity index is 2.12. The molecule has 104 valence electrons. The molecule has 0 fully saturated rings. The molecule has 2 rings (SSSR count). The summed E-state index contributed by atoms with van der Waals surface area (Å²) in [6.07, 6.45) is 1.01. The summed E-state index contributed by atoms with van der Waals surface area (Å²) in [7, 11) is 0. The second kappa shape index (κ2) is 5.90. The van der Waals surface area contributed by atoms with Crippen LogP contribution in [0.4, 0.5) is 0 Å². The lowest BCUT2D eigenvalue weighted by molar-refractivity contribution is -0.138. The van der Waals surface area contributed by atoms with Crippen molar-refractivity contribution in [1.29, 1.82) is 0 Å². The molecule has 1 aromatic rings. The maximum absolute atomic E-state index is 10.7. The van der Waals surface area contributed by atoms with Crippen LogP contribution in [0.15, 0.2) is 18.2 Å². The van der Waals surface area contributed by atoms with E-state index in [0.29, 0.717) is 24.7 Å². The third kappa shape index (κ3) is 3.36. The summed E-state index contributed by atoms with van der Waals surface area (Å²) in [6.45, 7) is 1.22. The Labute approximate surface area is 111 Å². The average molecular weight is 266 g/mol. The molecule has 6 heteroatoms. The molecule has 0 amide bonds. The second-order valence-electron chi connectivity index (χ2n) is 4.54. The van der Waals surface area contributed by atoms with E-state index in [-0.39, 0.29) is 6.42 Å². The number of aliphatic carboxylic acids is 1. The zero-order chi connectivity index (χ0) is 13.8. The molecule has 5 N–H and O–H groups in total. The molecule has 0 saturated heterocycles. The lowest BCUT2D eigenvalue weighted by Gasteiger charge is -2.16. The Hall–Kier alpha value is -1.79. The van der Waals surface area contributed by atoms with Gasteiger partial charge in [0.15, 0.2) is 11.5 Å². The molecule has 0 aliphatic carbocycles. The molecule has 6 nitrogen and oxygen atoms in total. The van der Waals surface area contributed by atoms with Crippen LogP contribution in [-0.4, -0.2) is 30.3 Å². The first-order valence-corrected chi connectivity index (χ1v) is 6.21. The number of carboxylic acid groups (broad SMARTS) is 1. The molecule has 0 aromatic heterocycles. The van der Waals surface area contributed by atoms with Crippen LogP contribution in [0, 0.1) is 0 Å². The van der Waals surface area contributed by atoms with Gasteiger partial charge in [0.1, 0.15) is 6.04 Å². The van der Waals surface area contributed by atoms with Gasteiger partial charge in [-0.3, -0.25) is 4.79 Å². The molecular weight excluding hydrogens is 248 g/mol. The number of carbonyl (C=O) groups is 1. The Kier molecular flexibility index (Phi) is 4.24. The fourth-order valence-electron chi connectivity index (χ4n) is 1.92. The normalized spacial score (nSPS) is 17.4. The van der Waals surface area contributed by atoms with Crippen molar-refractivity contribution in [3.05, 3.63) is 23.8 Å². The number of benzene rings is 1. The van der Waals surface area contributed by atoms with Crippen LogP contribution in [-0.2, 0) is 4.79 Å². The number of fused-ring (bicyclic) bond motifs is 1. The first-order chi connectivity index (χ1) is 9.08. The zero-order valence-electron chi connectivity index (χ0n) is 10.5. The van der Waals surface area contributed by atoms with Crippen LogP contribution in [0.5, 0.6) is 11.5 Å². The minimum Gasteiger partial charge on any atom is -0.490 e. The van der Waals surface area contributed by atoms with Crippen LogP contribution < -0.4 is 20.9 Å². The standard InChI is InChI=1S/C13H18N2O4/c14-9(7-10(15)13(16)17)8-2-3-11-12(6-8)19-5-1-4-18-11/h2-3,6,9-10H,1,4-5,7,14-15H2,(H,16,17)/t9-,10-/m0/s1. The van der Waals surface area contributed by atoms with Crippen molar-refractivity contribution >= 4 is 5.97 Å². The summed E-state index contributed by atoms with van der Waals surface area (Å²) in [5.74, 6) is 0.287. The number of rotatable bonds is 4. The van der Waals surface area contributed by atoms with E-state index in [9.17, 15) is 4.79 Å². The van der Waals surface area contributed by atoms with Crippen LogP contribution in [0.2, 0.25) is 0 Å². The third-order valence-electron chi connectivity index (χ3n) is 3.02. The highest BCUT2D eigenvalue weighted by Crippen LogP contribution is 2.32. The lowest BCUT2D eigenvalue weighted by Crippen LogP contribution is -2.33. The first kappa shape index (κ1) is 13.6. The van der Waals surface area contributed by atoms with Crippen LogP contribution in [0.25, 0.3) is 0 Å². The number of hydrogen-bond acceptors (Lipinski definition) is 5. The summed E-state index contributed by atoms with van der Waals surface area (Å²) in [6, 6.07) is 3.99. The Bertz CT molecular complexity index is 464. The van der Waals surface area contributed by atoms with E-state index >= 15 is 0 Å². The van der Waals surface area contributed by atoms with E-state index in [4.69, 9.17) is 26.0 Å². The van der Waals surface area contributed by atoms with Crippen molar-refractivity contribution in [3.8, 4) is 11.5 Å². The highest BCUT2D eigenvalue weighted by Gasteiger charge is 2.19. The van der Waals surface area contributed by atoms with Crippen molar-refractivity contribution in [2.75, 3.05) is 13.2 Å². The Morgan fingerprint density at radius 3 is 2.63 bits per heavy atom. The van der Waals surface area contributed by atoms with Crippen molar-refractivity contribution in [2.24, 2.45) is 11.5 Å². The number of carboxylic acids is 1. The first-order valence-electron chi connectivity index (χ1n) is 6.21. The molecule has 1 aliphatic heterocycles. The van der Waals surface area contributed by atoms with Crippen LogP contribution >= 0.6 is 0 Å². The third-order valence-corrected chi connectivity index (χ3v) is 3.02. The molecule has 1 aromatic carbocycles. The van der Waals surface area contributed by atoms with Gasteiger partial charge in [0, 0.05) is 12.5 Å². The van der Waals surface area contributed by atoms with Gasteiger partial charge in [-0.2, -0.15) is 0 Å². The average Bonchev–Trinajstić information content (AvgIpc) is 2.62. The van der Waals surface area contributed by atoms with E-state index in [1.54, 1.807) is 12.1 Å². The number of ether oxygens (including phenoxy) is 2. The summed E-state index contributed by atoms with van der Waals surface area (Å²) in [4.78, 5) is 10.7. The quantitative estimate of drug-likeness (QED) is 0.738. The summed E-state index contributed by atoms with van der Waals surface area (Å²) >= 11 is 0. The molecule has 0 bridgehead atoms. The molecular formula is C13H18N2O4. The lowest BCUT2D eigenvalue weighted by atomic mass is 10.00. The van der Waals surface area contributed by atoms with Crippen molar-refractivity contribution in [2.45, 2.75) is 24.9 Å².